The fourth-order valence-electron chi connectivity index (χ4n) is 5.69. The lowest BCUT2D eigenvalue weighted by Gasteiger charge is -2.18. The van der Waals surface area contributed by atoms with Gasteiger partial charge < -0.3 is 14.2 Å². The van der Waals surface area contributed by atoms with Crippen LogP contribution < -0.4 is 0 Å². The van der Waals surface area contributed by atoms with E-state index in [2.05, 4.69) is 34.6 Å². The average molecular weight is 653 g/mol. The van der Waals surface area contributed by atoms with E-state index in [0.29, 0.717) is 19.3 Å². The Bertz CT molecular complexity index is 704. The number of ether oxygens (including phenoxy) is 3. The van der Waals surface area contributed by atoms with Gasteiger partial charge in [-0.05, 0) is 31.1 Å². The summed E-state index contributed by atoms with van der Waals surface area (Å²) in [5.74, 6) is 0.690. The summed E-state index contributed by atoms with van der Waals surface area (Å²) >= 11 is 0. The van der Waals surface area contributed by atoms with Crippen molar-refractivity contribution in [2.75, 3.05) is 13.2 Å². The maximum atomic E-state index is 12.6. The Labute approximate surface area is 285 Å². The van der Waals surface area contributed by atoms with Crippen molar-refractivity contribution >= 4 is 17.9 Å². The lowest BCUT2D eigenvalue weighted by Crippen LogP contribution is -2.30. The van der Waals surface area contributed by atoms with Gasteiger partial charge in [0.1, 0.15) is 13.2 Å². The molecule has 0 aromatic heterocycles. The van der Waals surface area contributed by atoms with Crippen LogP contribution in [0.1, 0.15) is 208 Å². The third kappa shape index (κ3) is 33.8. The topological polar surface area (TPSA) is 78.9 Å². The zero-order valence-corrected chi connectivity index (χ0v) is 31.2. The van der Waals surface area contributed by atoms with Crippen molar-refractivity contribution in [1.82, 2.24) is 0 Å². The molecule has 0 fully saturated rings. The van der Waals surface area contributed by atoms with Crippen LogP contribution in [-0.2, 0) is 28.6 Å². The minimum atomic E-state index is -0.758. The monoisotopic (exact) mass is 653 g/mol. The molecule has 0 aliphatic heterocycles. The van der Waals surface area contributed by atoms with E-state index in [1.54, 1.807) is 0 Å². The van der Waals surface area contributed by atoms with Crippen LogP contribution in [-0.4, -0.2) is 37.2 Å². The third-order valence-corrected chi connectivity index (χ3v) is 8.72. The van der Waals surface area contributed by atoms with E-state index in [1.165, 1.54) is 96.3 Å². The number of rotatable bonds is 34. The molecule has 0 aliphatic carbocycles. The predicted octanol–water partition coefficient (Wildman–Crippen LogP) is 11.8. The Morgan fingerprint density at radius 1 is 0.413 bits per heavy atom. The highest BCUT2D eigenvalue weighted by Crippen LogP contribution is 2.15. The summed E-state index contributed by atoms with van der Waals surface area (Å²) in [6.07, 6.45) is 28.3. The second-order valence-electron chi connectivity index (χ2n) is 14.5. The van der Waals surface area contributed by atoms with E-state index in [1.807, 2.05) is 0 Å². The van der Waals surface area contributed by atoms with Crippen molar-refractivity contribution in [2.45, 2.75) is 214 Å². The van der Waals surface area contributed by atoms with Crippen LogP contribution in [0.3, 0.4) is 0 Å². The Morgan fingerprint density at radius 2 is 0.717 bits per heavy atom. The normalized spacial score (nSPS) is 12.1. The molecular weight excluding hydrogens is 576 g/mol. The van der Waals surface area contributed by atoms with Crippen LogP contribution >= 0.6 is 0 Å². The standard InChI is InChI=1S/C40H76O6/c1-6-7-8-9-13-20-25-30-38(41)44-33-37(46-40(43)32-27-22-17-16-19-24-29-36(4)5)34-45-39(42)31-26-21-15-12-10-11-14-18-23-28-35(2)3/h35-37H,6-34H2,1-5H3/t37-/m1/s1. The van der Waals surface area contributed by atoms with E-state index in [9.17, 15) is 14.4 Å². The predicted molar refractivity (Wildman–Crippen MR) is 192 cm³/mol. The van der Waals surface area contributed by atoms with Crippen LogP contribution in [0, 0.1) is 11.8 Å². The molecular formula is C40H76O6. The number of carbonyl (C=O) groups is 3. The molecule has 0 saturated carbocycles. The first-order valence-electron chi connectivity index (χ1n) is 19.7. The Balaban J connectivity index is 4.32. The summed E-state index contributed by atoms with van der Waals surface area (Å²) in [5, 5.41) is 0. The molecule has 272 valence electrons. The second-order valence-corrected chi connectivity index (χ2v) is 14.5. The molecule has 0 aromatic carbocycles. The Hall–Kier alpha value is -1.59. The van der Waals surface area contributed by atoms with Crippen molar-refractivity contribution in [3.63, 3.8) is 0 Å². The van der Waals surface area contributed by atoms with Gasteiger partial charge in [-0.25, -0.2) is 0 Å². The number of hydrogen-bond donors (Lipinski definition) is 0. The van der Waals surface area contributed by atoms with Gasteiger partial charge in [0, 0.05) is 19.3 Å². The van der Waals surface area contributed by atoms with Crippen molar-refractivity contribution in [2.24, 2.45) is 11.8 Å². The van der Waals surface area contributed by atoms with E-state index in [0.717, 1.165) is 69.6 Å². The Kier molecular flexibility index (Phi) is 32.2. The van der Waals surface area contributed by atoms with E-state index in [-0.39, 0.29) is 31.1 Å². The van der Waals surface area contributed by atoms with Gasteiger partial charge in [-0.1, -0.05) is 169 Å². The van der Waals surface area contributed by atoms with Gasteiger partial charge in [-0.3, -0.25) is 14.4 Å². The summed E-state index contributed by atoms with van der Waals surface area (Å²) < 4.78 is 16.5. The summed E-state index contributed by atoms with van der Waals surface area (Å²) in [6, 6.07) is 0. The fraction of sp³-hybridized carbons (Fsp3) is 0.925. The molecule has 0 unspecified atom stereocenters. The number of hydrogen-bond acceptors (Lipinski definition) is 6. The largest absolute Gasteiger partial charge is 0.462 e. The molecule has 1 atom stereocenters. The SMILES string of the molecule is CCCCCCCCCC(=O)OC[C@H](COC(=O)CCCCCCCCCCCC(C)C)OC(=O)CCCCCCCCC(C)C. The second kappa shape index (κ2) is 33.3. The highest BCUT2D eigenvalue weighted by molar-refractivity contribution is 5.71. The van der Waals surface area contributed by atoms with Gasteiger partial charge in [0.05, 0.1) is 0 Å². The number of carbonyl (C=O) groups excluding carboxylic acids is 3. The zero-order valence-electron chi connectivity index (χ0n) is 31.2. The number of unbranched alkanes of at least 4 members (excludes halogenated alkanes) is 19. The molecule has 0 amide bonds. The van der Waals surface area contributed by atoms with Gasteiger partial charge in [0.2, 0.25) is 0 Å². The molecule has 0 heterocycles. The lowest BCUT2D eigenvalue weighted by molar-refractivity contribution is -0.167. The van der Waals surface area contributed by atoms with Crippen molar-refractivity contribution in [3.8, 4) is 0 Å². The van der Waals surface area contributed by atoms with Gasteiger partial charge in [-0.2, -0.15) is 0 Å². The molecule has 0 rings (SSSR count). The van der Waals surface area contributed by atoms with Crippen molar-refractivity contribution in [1.29, 1.82) is 0 Å². The molecule has 0 aromatic rings. The lowest BCUT2D eigenvalue weighted by atomic mass is 10.0. The summed E-state index contributed by atoms with van der Waals surface area (Å²) in [7, 11) is 0. The first-order chi connectivity index (χ1) is 22.2. The van der Waals surface area contributed by atoms with Crippen LogP contribution in [0.2, 0.25) is 0 Å². The van der Waals surface area contributed by atoms with Crippen LogP contribution in [0.4, 0.5) is 0 Å². The summed E-state index contributed by atoms with van der Waals surface area (Å²) in [4.78, 5) is 37.3. The summed E-state index contributed by atoms with van der Waals surface area (Å²) in [6.45, 7) is 11.2. The molecule has 6 nitrogen and oxygen atoms in total. The highest BCUT2D eigenvalue weighted by atomic mass is 16.6. The molecule has 0 bridgehead atoms. The summed E-state index contributed by atoms with van der Waals surface area (Å²) in [5.41, 5.74) is 0. The van der Waals surface area contributed by atoms with Gasteiger partial charge in [0.15, 0.2) is 6.10 Å². The molecule has 46 heavy (non-hydrogen) atoms. The molecule has 6 heteroatoms. The van der Waals surface area contributed by atoms with Crippen LogP contribution in [0.5, 0.6) is 0 Å². The molecule has 0 spiro atoms. The van der Waals surface area contributed by atoms with Crippen LogP contribution in [0.25, 0.3) is 0 Å². The maximum absolute atomic E-state index is 12.6. The molecule has 0 radical (unpaired) electrons. The van der Waals surface area contributed by atoms with Gasteiger partial charge in [0.25, 0.3) is 0 Å². The minimum absolute atomic E-state index is 0.0675. The minimum Gasteiger partial charge on any atom is -0.462 e. The molecule has 0 saturated heterocycles. The zero-order chi connectivity index (χ0) is 34.1. The third-order valence-electron chi connectivity index (χ3n) is 8.72. The molecule has 0 aliphatic rings. The van der Waals surface area contributed by atoms with E-state index < -0.39 is 6.10 Å². The van der Waals surface area contributed by atoms with Gasteiger partial charge in [-0.15, -0.1) is 0 Å². The highest BCUT2D eigenvalue weighted by Gasteiger charge is 2.19. The van der Waals surface area contributed by atoms with E-state index in [4.69, 9.17) is 14.2 Å². The number of esters is 3. The first-order valence-corrected chi connectivity index (χ1v) is 19.7. The quantitative estimate of drug-likeness (QED) is 0.0391. The average Bonchev–Trinajstić information content (AvgIpc) is 3.01. The Morgan fingerprint density at radius 3 is 1.07 bits per heavy atom. The maximum Gasteiger partial charge on any atom is 0.306 e. The van der Waals surface area contributed by atoms with Crippen LogP contribution in [0.15, 0.2) is 0 Å². The molecule has 0 N–H and O–H groups in total. The van der Waals surface area contributed by atoms with Crippen molar-refractivity contribution < 1.29 is 28.6 Å². The van der Waals surface area contributed by atoms with Gasteiger partial charge >= 0.3 is 17.9 Å². The van der Waals surface area contributed by atoms with Crippen molar-refractivity contribution in [3.05, 3.63) is 0 Å². The van der Waals surface area contributed by atoms with E-state index >= 15 is 0 Å². The first kappa shape index (κ1) is 44.4. The fourth-order valence-corrected chi connectivity index (χ4v) is 5.69. The smallest absolute Gasteiger partial charge is 0.306 e.